The van der Waals surface area contributed by atoms with Gasteiger partial charge >= 0.3 is 0 Å². The molecule has 4 aromatic rings. The van der Waals surface area contributed by atoms with Gasteiger partial charge in [-0.1, -0.05) is 6.07 Å². The van der Waals surface area contributed by atoms with E-state index in [2.05, 4.69) is 10.1 Å². The average molecular weight is 422 g/mol. The fourth-order valence-electron chi connectivity index (χ4n) is 3.81. The van der Waals surface area contributed by atoms with Gasteiger partial charge in [-0.15, -0.1) is 0 Å². The maximum Gasteiger partial charge on any atom is 0.267 e. The lowest BCUT2D eigenvalue weighted by molar-refractivity contribution is 0.0925. The normalized spacial score (nSPS) is 13.4. The number of fused-ring (bicyclic) bond motifs is 3. The number of nitrogens with zero attached hydrogens (tertiary/aromatic N) is 4. The Hall–Kier alpha value is -4.01. The molecule has 1 aliphatic rings. The molecule has 0 saturated carbocycles. The van der Waals surface area contributed by atoms with E-state index < -0.39 is 29.3 Å². The minimum atomic E-state index is -0.801. The first kappa shape index (κ1) is 19.0. The molecule has 154 valence electrons. The van der Waals surface area contributed by atoms with Crippen LogP contribution in [0.4, 0.5) is 18.9 Å². The second-order valence-corrected chi connectivity index (χ2v) is 7.27. The van der Waals surface area contributed by atoms with Crippen molar-refractivity contribution in [3.05, 3.63) is 82.4 Å². The van der Waals surface area contributed by atoms with Crippen LogP contribution in [0.1, 0.15) is 32.0 Å². The summed E-state index contributed by atoms with van der Waals surface area (Å²) in [5.74, 6) is -3.74. The smallest absolute Gasteiger partial charge is 0.267 e. The monoisotopic (exact) mass is 422 g/mol. The summed E-state index contributed by atoms with van der Waals surface area (Å²) in [7, 11) is 0. The zero-order valence-corrected chi connectivity index (χ0v) is 16.3. The summed E-state index contributed by atoms with van der Waals surface area (Å²) in [6.07, 6.45) is 1.19. The minimum Gasteiger partial charge on any atom is -0.268 e. The number of amides is 2. The van der Waals surface area contributed by atoms with E-state index in [1.54, 1.807) is 19.9 Å². The Labute approximate surface area is 173 Å². The van der Waals surface area contributed by atoms with Crippen LogP contribution in [0, 0.1) is 31.3 Å². The number of rotatable bonds is 2. The van der Waals surface area contributed by atoms with Gasteiger partial charge in [0, 0.05) is 12.3 Å². The van der Waals surface area contributed by atoms with Crippen molar-refractivity contribution in [2.75, 3.05) is 4.90 Å². The number of aromatic nitrogens is 3. The molecule has 0 radical (unpaired) electrons. The third-order valence-corrected chi connectivity index (χ3v) is 5.16. The molecule has 0 aliphatic carbocycles. The second-order valence-electron chi connectivity index (χ2n) is 7.27. The van der Waals surface area contributed by atoms with Crippen LogP contribution >= 0.6 is 0 Å². The molecule has 0 unspecified atom stereocenters. The topological polar surface area (TPSA) is 68.1 Å². The summed E-state index contributed by atoms with van der Waals surface area (Å²) >= 11 is 0. The number of carbonyl (C=O) groups is 2. The Morgan fingerprint density at radius 3 is 2.29 bits per heavy atom. The molecule has 0 spiro atoms. The summed E-state index contributed by atoms with van der Waals surface area (Å²) in [4.78, 5) is 31.1. The maximum atomic E-state index is 14.5. The fraction of sp³-hybridized carbons (Fsp3) is 0.0909. The molecule has 2 aromatic carbocycles. The molecular formula is C22H13F3N4O2. The first-order chi connectivity index (χ1) is 14.8. The Kier molecular flexibility index (Phi) is 3.98. The van der Waals surface area contributed by atoms with Crippen molar-refractivity contribution in [1.29, 1.82) is 0 Å². The summed E-state index contributed by atoms with van der Waals surface area (Å²) < 4.78 is 43.1. The molecule has 0 N–H and O–H groups in total. The van der Waals surface area contributed by atoms with Crippen LogP contribution in [-0.2, 0) is 0 Å². The van der Waals surface area contributed by atoms with E-state index in [4.69, 9.17) is 0 Å². The highest BCUT2D eigenvalue weighted by molar-refractivity contribution is 6.37. The second kappa shape index (κ2) is 6.49. The number of hydrogen-bond acceptors (Lipinski definition) is 4. The minimum absolute atomic E-state index is 0.00514. The third-order valence-electron chi connectivity index (χ3n) is 5.16. The fourth-order valence-corrected chi connectivity index (χ4v) is 3.81. The first-order valence-electron chi connectivity index (χ1n) is 9.26. The number of anilines is 1. The van der Waals surface area contributed by atoms with Crippen molar-refractivity contribution in [3.8, 4) is 5.69 Å². The van der Waals surface area contributed by atoms with Crippen LogP contribution in [-0.4, -0.2) is 26.6 Å². The van der Waals surface area contributed by atoms with Crippen molar-refractivity contribution in [1.82, 2.24) is 14.8 Å². The van der Waals surface area contributed by atoms with E-state index in [9.17, 15) is 22.8 Å². The highest BCUT2D eigenvalue weighted by atomic mass is 19.1. The number of imide groups is 1. The number of benzene rings is 2. The number of hydrogen-bond donors (Lipinski definition) is 0. The van der Waals surface area contributed by atoms with Gasteiger partial charge in [-0.3, -0.25) is 9.59 Å². The highest BCUT2D eigenvalue weighted by Gasteiger charge is 2.41. The Morgan fingerprint density at radius 2 is 1.61 bits per heavy atom. The lowest BCUT2D eigenvalue weighted by Gasteiger charge is -2.15. The van der Waals surface area contributed by atoms with Crippen molar-refractivity contribution in [2.45, 2.75) is 13.8 Å². The Bertz CT molecular complexity index is 1420. The van der Waals surface area contributed by atoms with Gasteiger partial charge in [0.2, 0.25) is 0 Å². The van der Waals surface area contributed by atoms with Gasteiger partial charge < -0.3 is 0 Å². The van der Waals surface area contributed by atoms with Crippen molar-refractivity contribution in [3.63, 3.8) is 0 Å². The van der Waals surface area contributed by atoms with Crippen LogP contribution < -0.4 is 4.90 Å². The molecule has 0 bridgehead atoms. The van der Waals surface area contributed by atoms with Gasteiger partial charge in [0.05, 0.1) is 33.6 Å². The zero-order chi connectivity index (χ0) is 22.0. The zero-order valence-electron chi connectivity index (χ0n) is 16.3. The van der Waals surface area contributed by atoms with Gasteiger partial charge in [-0.05, 0) is 43.7 Å². The maximum absolute atomic E-state index is 14.5. The Balaban J connectivity index is 1.72. The first-order valence-corrected chi connectivity index (χ1v) is 9.26. The molecule has 3 heterocycles. The third kappa shape index (κ3) is 2.73. The van der Waals surface area contributed by atoms with E-state index in [1.165, 1.54) is 23.0 Å². The lowest BCUT2D eigenvalue weighted by Crippen LogP contribution is -2.30. The van der Waals surface area contributed by atoms with Crippen molar-refractivity contribution < 1.29 is 22.8 Å². The van der Waals surface area contributed by atoms with Crippen molar-refractivity contribution >= 4 is 28.5 Å². The summed E-state index contributed by atoms with van der Waals surface area (Å²) in [5.41, 5.74) is 1.05. The molecule has 6 nitrogen and oxygen atoms in total. The number of pyridine rings is 1. The van der Waals surface area contributed by atoms with E-state index in [1.807, 2.05) is 0 Å². The average Bonchev–Trinajstić information content (AvgIpc) is 3.16. The van der Waals surface area contributed by atoms with Gasteiger partial charge in [0.1, 0.15) is 17.5 Å². The molecule has 0 saturated heterocycles. The predicted octanol–water partition coefficient (Wildman–Crippen LogP) is 4.26. The number of carbonyl (C=O) groups excluding carboxylic acids is 2. The lowest BCUT2D eigenvalue weighted by atomic mass is 10.1. The van der Waals surface area contributed by atoms with Crippen LogP contribution in [0.5, 0.6) is 0 Å². The van der Waals surface area contributed by atoms with Crippen LogP contribution in [0.2, 0.25) is 0 Å². The van der Waals surface area contributed by atoms with Crippen molar-refractivity contribution in [2.24, 2.45) is 0 Å². The molecule has 9 heteroatoms. The predicted molar refractivity (Wildman–Crippen MR) is 106 cm³/mol. The number of halogens is 3. The molecule has 5 rings (SSSR count). The molecular weight excluding hydrogens is 409 g/mol. The molecule has 1 aliphatic heterocycles. The van der Waals surface area contributed by atoms with Gasteiger partial charge in [-0.2, -0.15) is 5.10 Å². The van der Waals surface area contributed by atoms with Gasteiger partial charge in [0.25, 0.3) is 11.8 Å². The molecule has 2 amide bonds. The van der Waals surface area contributed by atoms with Gasteiger partial charge in [-0.25, -0.2) is 27.7 Å². The molecule has 0 fully saturated rings. The number of aryl methyl sites for hydroxylation is 2. The van der Waals surface area contributed by atoms with E-state index in [-0.39, 0.29) is 33.5 Å². The van der Waals surface area contributed by atoms with Crippen LogP contribution in [0.3, 0.4) is 0 Å². The quantitative estimate of drug-likeness (QED) is 0.453. The SMILES string of the molecule is Cc1ccc(N2C(=O)c3cnc4c(c(C)nn4-c4cc(F)cc(F)c4)c3C2=O)c(F)c1. The van der Waals surface area contributed by atoms with E-state index in [0.717, 1.165) is 23.1 Å². The van der Waals surface area contributed by atoms with Crippen LogP contribution in [0.25, 0.3) is 16.7 Å². The standard InChI is InChI=1S/C22H13F3N4O2/c1-10-3-4-17(16(25)5-10)28-21(30)15-9-26-20-18(19(15)22(28)31)11(2)27-29(20)14-7-12(23)6-13(24)8-14/h3-9H,1-2H3. The van der Waals surface area contributed by atoms with Crippen LogP contribution in [0.15, 0.2) is 42.6 Å². The summed E-state index contributed by atoms with van der Waals surface area (Å²) in [5, 5.41) is 4.53. The molecule has 2 aromatic heterocycles. The Morgan fingerprint density at radius 1 is 0.903 bits per heavy atom. The molecule has 0 atom stereocenters. The van der Waals surface area contributed by atoms with E-state index >= 15 is 0 Å². The van der Waals surface area contributed by atoms with Gasteiger partial charge in [0.15, 0.2) is 5.65 Å². The summed E-state index contributed by atoms with van der Waals surface area (Å²) in [6, 6.07) is 7.06. The largest absolute Gasteiger partial charge is 0.268 e. The molecule has 31 heavy (non-hydrogen) atoms. The van der Waals surface area contributed by atoms with E-state index in [0.29, 0.717) is 11.3 Å². The summed E-state index contributed by atoms with van der Waals surface area (Å²) in [6.45, 7) is 3.28. The highest BCUT2D eigenvalue weighted by Crippen LogP contribution is 2.35.